The van der Waals surface area contributed by atoms with E-state index in [-0.39, 0.29) is 35.2 Å². The molecule has 7 heteroatoms. The Morgan fingerprint density at radius 2 is 1.63 bits per heavy atom. The van der Waals surface area contributed by atoms with Crippen LogP contribution >= 0.6 is 0 Å². The molecule has 0 amide bonds. The van der Waals surface area contributed by atoms with Crippen LogP contribution in [0.1, 0.15) is 99.3 Å². The number of carbonyl (C=O) groups excluding carboxylic acids is 2. The quantitative estimate of drug-likeness (QED) is 0.385. The number of hydrogen-bond acceptors (Lipinski definition) is 7. The van der Waals surface area contributed by atoms with Gasteiger partial charge >= 0.3 is 11.9 Å². The van der Waals surface area contributed by atoms with E-state index in [2.05, 4.69) is 27.7 Å². The Balaban J connectivity index is 1.35. The Kier molecular flexibility index (Phi) is 6.33. The molecule has 3 unspecified atom stereocenters. The smallest absolute Gasteiger partial charge is 0.305 e. The van der Waals surface area contributed by atoms with Crippen molar-refractivity contribution in [3.05, 3.63) is 0 Å². The van der Waals surface area contributed by atoms with Gasteiger partial charge in [0.25, 0.3) is 5.79 Å². The fourth-order valence-corrected chi connectivity index (χ4v) is 11.1. The lowest BCUT2D eigenvalue weighted by Gasteiger charge is -2.65. The van der Waals surface area contributed by atoms with Crippen molar-refractivity contribution in [2.24, 2.45) is 52.3 Å². The first-order valence-electron chi connectivity index (χ1n) is 15.3. The van der Waals surface area contributed by atoms with Gasteiger partial charge in [-0.1, -0.05) is 27.7 Å². The van der Waals surface area contributed by atoms with Crippen LogP contribution in [0.4, 0.5) is 0 Å². The molecule has 0 aromatic heterocycles. The Hall–Kier alpha value is -1.18. The normalized spacial score (nSPS) is 52.9. The first-order chi connectivity index (χ1) is 17.9. The summed E-state index contributed by atoms with van der Waals surface area (Å²) in [4.78, 5) is 24.8. The van der Waals surface area contributed by atoms with Gasteiger partial charge in [-0.3, -0.25) is 9.59 Å². The maximum Gasteiger partial charge on any atom is 0.305 e. The van der Waals surface area contributed by atoms with Crippen molar-refractivity contribution < 1.29 is 33.6 Å². The number of aliphatic hydroxyl groups excluding tert-OH is 1. The zero-order valence-corrected chi connectivity index (χ0v) is 24.2. The molecule has 2 heterocycles. The van der Waals surface area contributed by atoms with Crippen LogP contribution in [-0.4, -0.2) is 47.4 Å². The number of esters is 2. The molecular formula is C31H48O7. The molecule has 4 aliphatic carbocycles. The Morgan fingerprint density at radius 1 is 0.921 bits per heavy atom. The number of hydrogen-bond donors (Lipinski definition) is 1. The van der Waals surface area contributed by atoms with Gasteiger partial charge in [-0.05, 0) is 74.5 Å². The molecule has 6 aliphatic rings. The zero-order chi connectivity index (χ0) is 27.3. The van der Waals surface area contributed by atoms with Gasteiger partial charge in [0, 0.05) is 43.9 Å². The monoisotopic (exact) mass is 532 g/mol. The van der Waals surface area contributed by atoms with Crippen LogP contribution in [0.15, 0.2) is 0 Å². The van der Waals surface area contributed by atoms with Crippen LogP contribution in [-0.2, 0) is 28.5 Å². The topological polar surface area (TPSA) is 91.3 Å². The summed E-state index contributed by atoms with van der Waals surface area (Å²) in [7, 11) is 0. The second kappa shape index (κ2) is 8.91. The highest BCUT2D eigenvalue weighted by molar-refractivity contribution is 5.69. The van der Waals surface area contributed by atoms with Crippen molar-refractivity contribution in [2.75, 3.05) is 6.61 Å². The van der Waals surface area contributed by atoms with E-state index in [1.807, 2.05) is 0 Å². The summed E-state index contributed by atoms with van der Waals surface area (Å²) in [6.45, 7) is 12.6. The molecular weight excluding hydrogens is 484 g/mol. The number of rotatable bonds is 2. The SMILES string of the molecule is CC(=O)OC1(OC(C)=O)CCCC2CC[C@H]3[C@@H]4C[C@@H]5O[C@]6(CCC(C)CO6)[C@@H](C)[C@@H]5[C@@]4(C)C(O)C[C@@H]3[C@]21C. The van der Waals surface area contributed by atoms with Crippen molar-refractivity contribution in [1.82, 2.24) is 0 Å². The highest BCUT2D eigenvalue weighted by Crippen LogP contribution is 2.72. The van der Waals surface area contributed by atoms with Crippen LogP contribution in [0.2, 0.25) is 0 Å². The predicted octanol–water partition coefficient (Wildman–Crippen LogP) is 5.23. The van der Waals surface area contributed by atoms with Crippen molar-refractivity contribution in [3.63, 3.8) is 0 Å². The summed E-state index contributed by atoms with van der Waals surface area (Å²) >= 11 is 0. The second-order valence-electron chi connectivity index (χ2n) is 14.4. The van der Waals surface area contributed by atoms with Gasteiger partial charge in [0.05, 0.1) is 24.2 Å². The molecule has 2 aliphatic heterocycles. The molecule has 4 saturated carbocycles. The molecule has 1 N–H and O–H groups in total. The number of fused-ring (bicyclic) bond motifs is 7. The lowest BCUT2D eigenvalue weighted by atomic mass is 9.42. The van der Waals surface area contributed by atoms with Gasteiger partial charge in [0.2, 0.25) is 0 Å². The molecule has 1 spiro atoms. The number of ether oxygens (including phenoxy) is 4. The first-order valence-corrected chi connectivity index (χ1v) is 15.3. The zero-order valence-electron chi connectivity index (χ0n) is 24.2. The van der Waals surface area contributed by atoms with Crippen LogP contribution in [0.25, 0.3) is 0 Å². The van der Waals surface area contributed by atoms with Gasteiger partial charge in [0.1, 0.15) is 0 Å². The van der Waals surface area contributed by atoms with Gasteiger partial charge in [-0.15, -0.1) is 0 Å². The van der Waals surface area contributed by atoms with E-state index < -0.39 is 35.0 Å². The summed E-state index contributed by atoms with van der Waals surface area (Å²) in [6, 6.07) is 0. The van der Waals surface area contributed by atoms with E-state index in [9.17, 15) is 14.7 Å². The third-order valence-electron chi connectivity index (χ3n) is 12.8. The minimum absolute atomic E-state index is 0.0883. The Bertz CT molecular complexity index is 955. The average Bonchev–Trinajstić information content (AvgIpc) is 3.28. The van der Waals surface area contributed by atoms with E-state index in [1.165, 1.54) is 13.8 Å². The molecule has 0 aromatic carbocycles. The van der Waals surface area contributed by atoms with Gasteiger partial charge < -0.3 is 24.1 Å². The summed E-state index contributed by atoms with van der Waals surface area (Å²) < 4.78 is 25.4. The summed E-state index contributed by atoms with van der Waals surface area (Å²) in [5, 5.41) is 12.1. The molecule has 0 aromatic rings. The van der Waals surface area contributed by atoms with Crippen LogP contribution in [0.3, 0.4) is 0 Å². The highest BCUT2D eigenvalue weighted by atomic mass is 16.7. The standard InChI is InChI=1S/C31H48O7/c1-17-11-13-30(35-16-17)18(2)27-25(38-30)14-23-22-10-9-21-8-7-12-31(36-19(3)32,37-20(4)33)29(21,6)24(22)15-26(34)28(23,27)5/h17-18,21-27,34H,7-16H2,1-6H3/t17?,18-,21?,22-,23-,24-,25-,26?,27-,28+,29-,30+/m0/s1. The lowest BCUT2D eigenvalue weighted by molar-refractivity contribution is -0.328. The molecule has 0 radical (unpaired) electrons. The van der Waals surface area contributed by atoms with E-state index in [1.54, 1.807) is 0 Å². The van der Waals surface area contributed by atoms with Crippen LogP contribution < -0.4 is 0 Å². The van der Waals surface area contributed by atoms with Gasteiger partial charge in [0.15, 0.2) is 5.79 Å². The minimum Gasteiger partial charge on any atom is -0.422 e. The van der Waals surface area contributed by atoms with Crippen LogP contribution in [0.5, 0.6) is 0 Å². The summed E-state index contributed by atoms with van der Waals surface area (Å²) in [5.74, 6) is -0.543. The minimum atomic E-state index is -1.28. The Labute approximate surface area is 227 Å². The maximum absolute atomic E-state index is 12.4. The second-order valence-corrected chi connectivity index (χ2v) is 14.4. The predicted molar refractivity (Wildman–Crippen MR) is 139 cm³/mol. The maximum atomic E-state index is 12.4. The first kappa shape index (κ1) is 27.0. The lowest BCUT2D eigenvalue weighted by Crippen LogP contribution is -2.67. The molecule has 6 rings (SSSR count). The average molecular weight is 533 g/mol. The van der Waals surface area contributed by atoms with E-state index in [0.29, 0.717) is 30.6 Å². The highest BCUT2D eigenvalue weighted by Gasteiger charge is 2.74. The molecule has 12 atom stereocenters. The summed E-state index contributed by atoms with van der Waals surface area (Å²) in [5.41, 5.74) is -0.799. The van der Waals surface area contributed by atoms with Gasteiger partial charge in [-0.25, -0.2) is 0 Å². The summed E-state index contributed by atoms with van der Waals surface area (Å²) in [6.07, 6.45) is 7.73. The van der Waals surface area contributed by atoms with E-state index >= 15 is 0 Å². The molecule has 6 fully saturated rings. The number of aliphatic hydroxyl groups is 1. The van der Waals surface area contributed by atoms with Crippen molar-refractivity contribution in [1.29, 1.82) is 0 Å². The molecule has 7 nitrogen and oxygen atoms in total. The number of carbonyl (C=O) groups is 2. The third-order valence-corrected chi connectivity index (χ3v) is 12.8. The van der Waals surface area contributed by atoms with E-state index in [0.717, 1.165) is 51.6 Å². The molecule has 38 heavy (non-hydrogen) atoms. The fraction of sp³-hybridized carbons (Fsp3) is 0.935. The van der Waals surface area contributed by atoms with Crippen LogP contribution in [0, 0.1) is 52.3 Å². The van der Waals surface area contributed by atoms with Crippen molar-refractivity contribution in [3.8, 4) is 0 Å². The van der Waals surface area contributed by atoms with Gasteiger partial charge in [-0.2, -0.15) is 0 Å². The van der Waals surface area contributed by atoms with Crippen molar-refractivity contribution >= 4 is 11.9 Å². The third kappa shape index (κ3) is 3.49. The fourth-order valence-electron chi connectivity index (χ4n) is 11.1. The largest absolute Gasteiger partial charge is 0.422 e. The Morgan fingerprint density at radius 3 is 2.26 bits per heavy atom. The van der Waals surface area contributed by atoms with Crippen molar-refractivity contribution in [2.45, 2.75) is 123 Å². The molecule has 0 bridgehead atoms. The molecule has 214 valence electrons. The van der Waals surface area contributed by atoms with E-state index in [4.69, 9.17) is 18.9 Å². The molecule has 2 saturated heterocycles.